The van der Waals surface area contributed by atoms with E-state index in [0.717, 1.165) is 4.88 Å². The largest absolute Gasteiger partial charge is 0.478 e. The van der Waals surface area contributed by atoms with Crippen LogP contribution in [0.2, 0.25) is 0 Å². The van der Waals surface area contributed by atoms with Gasteiger partial charge in [0.25, 0.3) is 5.69 Å². The Morgan fingerprint density at radius 1 is 1.37 bits per heavy atom. The van der Waals surface area contributed by atoms with Crippen molar-refractivity contribution in [3.63, 3.8) is 0 Å². The monoisotopic (exact) mass is 278 g/mol. The minimum absolute atomic E-state index is 0.0356. The molecule has 0 aliphatic rings. The standard InChI is InChI=1S/C12H10N2O4S/c15-12(16)9-4-1-5-10(14(17)18)11(9)13-7-8-3-2-6-19-8/h1-6,13H,7H2,(H,15,16). The van der Waals surface area contributed by atoms with Crippen LogP contribution in [0, 0.1) is 10.1 Å². The molecule has 1 heterocycles. The lowest BCUT2D eigenvalue weighted by Gasteiger charge is -2.09. The van der Waals surface area contributed by atoms with Gasteiger partial charge in [0.1, 0.15) is 5.69 Å². The average molecular weight is 278 g/mol. The van der Waals surface area contributed by atoms with Gasteiger partial charge in [0.05, 0.1) is 10.5 Å². The third-order valence-corrected chi connectivity index (χ3v) is 3.37. The first-order valence-electron chi connectivity index (χ1n) is 5.36. The Morgan fingerprint density at radius 3 is 2.74 bits per heavy atom. The fourth-order valence-electron chi connectivity index (χ4n) is 1.64. The first kappa shape index (κ1) is 13.0. The number of nitrogens with one attached hydrogen (secondary N) is 1. The maximum Gasteiger partial charge on any atom is 0.338 e. The third-order valence-electron chi connectivity index (χ3n) is 2.49. The highest BCUT2D eigenvalue weighted by Gasteiger charge is 2.20. The van der Waals surface area contributed by atoms with Gasteiger partial charge < -0.3 is 10.4 Å². The van der Waals surface area contributed by atoms with Crippen molar-refractivity contribution >= 4 is 28.7 Å². The molecule has 7 heteroatoms. The molecular formula is C12H10N2O4S. The van der Waals surface area contributed by atoms with Crippen LogP contribution in [-0.2, 0) is 6.54 Å². The van der Waals surface area contributed by atoms with E-state index < -0.39 is 10.9 Å². The van der Waals surface area contributed by atoms with Crippen LogP contribution in [0.3, 0.4) is 0 Å². The van der Waals surface area contributed by atoms with E-state index in [1.807, 2.05) is 17.5 Å². The Kier molecular flexibility index (Phi) is 3.76. The number of aromatic carboxylic acids is 1. The van der Waals surface area contributed by atoms with Gasteiger partial charge in [0.2, 0.25) is 0 Å². The van der Waals surface area contributed by atoms with Gasteiger partial charge >= 0.3 is 5.97 Å². The molecule has 0 unspecified atom stereocenters. The van der Waals surface area contributed by atoms with Gasteiger partial charge in [-0.3, -0.25) is 10.1 Å². The van der Waals surface area contributed by atoms with Crippen LogP contribution in [0.15, 0.2) is 35.7 Å². The molecule has 0 saturated heterocycles. The van der Waals surface area contributed by atoms with Crippen LogP contribution in [0.25, 0.3) is 0 Å². The number of hydrogen-bond donors (Lipinski definition) is 2. The second kappa shape index (κ2) is 5.49. The predicted octanol–water partition coefficient (Wildman–Crippen LogP) is 2.97. The number of nitro groups is 1. The molecule has 6 nitrogen and oxygen atoms in total. The Morgan fingerprint density at radius 2 is 2.16 bits per heavy atom. The normalized spacial score (nSPS) is 10.1. The number of rotatable bonds is 5. The zero-order valence-electron chi connectivity index (χ0n) is 9.70. The molecule has 2 rings (SSSR count). The number of carboxylic acids is 1. The molecule has 0 aliphatic heterocycles. The van der Waals surface area contributed by atoms with Crippen LogP contribution in [-0.4, -0.2) is 16.0 Å². The molecule has 0 aliphatic carbocycles. The molecule has 0 radical (unpaired) electrons. The summed E-state index contributed by atoms with van der Waals surface area (Å²) in [5.74, 6) is -1.20. The number of nitrogens with zero attached hydrogens (tertiary/aromatic N) is 1. The first-order valence-corrected chi connectivity index (χ1v) is 6.24. The highest BCUT2D eigenvalue weighted by molar-refractivity contribution is 7.09. The Hall–Kier alpha value is -2.41. The summed E-state index contributed by atoms with van der Waals surface area (Å²) in [5.41, 5.74) is -0.310. The lowest BCUT2D eigenvalue weighted by Crippen LogP contribution is -2.08. The van der Waals surface area contributed by atoms with Crippen molar-refractivity contribution in [1.29, 1.82) is 0 Å². The summed E-state index contributed by atoms with van der Waals surface area (Å²) < 4.78 is 0. The molecule has 0 saturated carbocycles. The van der Waals surface area contributed by atoms with Gasteiger partial charge in [0, 0.05) is 17.5 Å². The smallest absolute Gasteiger partial charge is 0.338 e. The molecule has 0 bridgehead atoms. The van der Waals surface area contributed by atoms with Crippen LogP contribution in [0.4, 0.5) is 11.4 Å². The van der Waals surface area contributed by atoms with Crippen molar-refractivity contribution in [2.75, 3.05) is 5.32 Å². The van der Waals surface area contributed by atoms with Crippen molar-refractivity contribution in [2.45, 2.75) is 6.54 Å². The van der Waals surface area contributed by atoms with E-state index in [2.05, 4.69) is 5.32 Å². The second-order valence-corrected chi connectivity index (χ2v) is 4.73. The van der Waals surface area contributed by atoms with E-state index in [1.165, 1.54) is 29.5 Å². The number of para-hydroxylation sites is 1. The van der Waals surface area contributed by atoms with E-state index >= 15 is 0 Å². The quantitative estimate of drug-likeness (QED) is 0.648. The summed E-state index contributed by atoms with van der Waals surface area (Å²) in [4.78, 5) is 22.4. The predicted molar refractivity (Wildman–Crippen MR) is 71.7 cm³/mol. The number of anilines is 1. The van der Waals surface area contributed by atoms with Gasteiger partial charge in [-0.25, -0.2) is 4.79 Å². The van der Waals surface area contributed by atoms with E-state index in [1.54, 1.807) is 0 Å². The Labute approximate surface area is 112 Å². The molecule has 98 valence electrons. The van der Waals surface area contributed by atoms with Crippen molar-refractivity contribution in [2.24, 2.45) is 0 Å². The second-order valence-electron chi connectivity index (χ2n) is 3.69. The van der Waals surface area contributed by atoms with Gasteiger partial charge in [-0.2, -0.15) is 0 Å². The number of benzene rings is 1. The molecule has 1 aromatic heterocycles. The van der Waals surface area contributed by atoms with Gasteiger partial charge in [-0.15, -0.1) is 11.3 Å². The van der Waals surface area contributed by atoms with Crippen LogP contribution in [0.1, 0.15) is 15.2 Å². The third kappa shape index (κ3) is 2.89. The topological polar surface area (TPSA) is 92.5 Å². The number of thiophene rings is 1. The maximum absolute atomic E-state index is 11.1. The Balaban J connectivity index is 2.35. The summed E-state index contributed by atoms with van der Waals surface area (Å²) in [5, 5.41) is 24.7. The molecule has 0 amide bonds. The van der Waals surface area contributed by atoms with Gasteiger partial charge in [-0.05, 0) is 17.5 Å². The summed E-state index contributed by atoms with van der Waals surface area (Å²) in [7, 11) is 0. The lowest BCUT2D eigenvalue weighted by molar-refractivity contribution is -0.384. The number of hydrogen-bond acceptors (Lipinski definition) is 5. The lowest BCUT2D eigenvalue weighted by atomic mass is 10.1. The highest BCUT2D eigenvalue weighted by atomic mass is 32.1. The van der Waals surface area contributed by atoms with E-state index in [0.29, 0.717) is 6.54 Å². The molecule has 1 aromatic carbocycles. The summed E-state index contributed by atoms with van der Waals surface area (Å²) >= 11 is 1.49. The van der Waals surface area contributed by atoms with Crippen molar-refractivity contribution in [3.05, 3.63) is 56.3 Å². The summed E-state index contributed by atoms with van der Waals surface area (Å²) in [6.07, 6.45) is 0. The van der Waals surface area contributed by atoms with E-state index in [-0.39, 0.29) is 16.9 Å². The molecule has 0 atom stereocenters. The summed E-state index contributed by atoms with van der Waals surface area (Å²) in [6.45, 7) is 0.350. The number of carboxylic acid groups (broad SMARTS) is 1. The first-order chi connectivity index (χ1) is 9.09. The van der Waals surface area contributed by atoms with Crippen LogP contribution < -0.4 is 5.32 Å². The fraction of sp³-hybridized carbons (Fsp3) is 0.0833. The Bertz CT molecular complexity index is 578. The fourth-order valence-corrected chi connectivity index (χ4v) is 2.29. The minimum Gasteiger partial charge on any atom is -0.478 e. The number of nitro benzene ring substituents is 1. The molecule has 0 spiro atoms. The molecule has 19 heavy (non-hydrogen) atoms. The van der Waals surface area contributed by atoms with Crippen LogP contribution in [0.5, 0.6) is 0 Å². The highest BCUT2D eigenvalue weighted by Crippen LogP contribution is 2.29. The van der Waals surface area contributed by atoms with E-state index in [4.69, 9.17) is 5.11 Å². The van der Waals surface area contributed by atoms with Crippen molar-refractivity contribution in [1.82, 2.24) is 0 Å². The van der Waals surface area contributed by atoms with Crippen LogP contribution >= 0.6 is 11.3 Å². The summed E-state index contributed by atoms with van der Waals surface area (Å²) in [6, 6.07) is 7.71. The zero-order valence-corrected chi connectivity index (χ0v) is 10.5. The van der Waals surface area contributed by atoms with E-state index in [9.17, 15) is 14.9 Å². The number of carbonyl (C=O) groups is 1. The van der Waals surface area contributed by atoms with Crippen molar-refractivity contribution < 1.29 is 14.8 Å². The molecular weight excluding hydrogens is 268 g/mol. The zero-order chi connectivity index (χ0) is 13.8. The molecule has 2 aromatic rings. The molecule has 0 fully saturated rings. The maximum atomic E-state index is 11.1. The molecule has 2 N–H and O–H groups in total. The SMILES string of the molecule is O=C(O)c1cccc([N+](=O)[O-])c1NCc1cccs1. The van der Waals surface area contributed by atoms with Gasteiger partial charge in [-0.1, -0.05) is 12.1 Å². The van der Waals surface area contributed by atoms with Gasteiger partial charge in [0.15, 0.2) is 0 Å². The minimum atomic E-state index is -1.20. The van der Waals surface area contributed by atoms with Crippen molar-refractivity contribution in [3.8, 4) is 0 Å². The average Bonchev–Trinajstić information content (AvgIpc) is 2.88.